The van der Waals surface area contributed by atoms with Gasteiger partial charge in [-0.25, -0.2) is 0 Å². The van der Waals surface area contributed by atoms with Crippen molar-refractivity contribution in [1.82, 2.24) is 0 Å². The molecule has 0 radical (unpaired) electrons. The summed E-state index contributed by atoms with van der Waals surface area (Å²) in [6, 6.07) is 0. The molecule has 0 bridgehead atoms. The molecule has 3 nitrogen and oxygen atoms in total. The Morgan fingerprint density at radius 1 is 0.826 bits per heavy atom. The summed E-state index contributed by atoms with van der Waals surface area (Å²) in [6.45, 7) is 4.06. The van der Waals surface area contributed by atoms with Crippen LogP contribution in [0.15, 0.2) is 0 Å². The van der Waals surface area contributed by atoms with Crippen LogP contribution in [0.2, 0.25) is 0 Å². The number of aliphatic hydroxyl groups excluding tert-OH is 1. The summed E-state index contributed by atoms with van der Waals surface area (Å²) in [4.78, 5) is 0. The summed E-state index contributed by atoms with van der Waals surface area (Å²) in [5.41, 5.74) is 0.242. The second kappa shape index (κ2) is 5.19. The quantitative estimate of drug-likeness (QED) is 0.739. The molecule has 130 valence electrons. The standard InChI is InChI=1S/C20H32O3/c1-19-8-6-16-15-5-3-14(21)12-13(15)2-4-17(16)18(19)7-9-20(19)22-10-11-23-20/h13-18,21H,2-12H2,1H3. The average molecular weight is 320 g/mol. The van der Waals surface area contributed by atoms with E-state index in [4.69, 9.17) is 9.47 Å². The van der Waals surface area contributed by atoms with Gasteiger partial charge in [-0.2, -0.15) is 0 Å². The van der Waals surface area contributed by atoms with E-state index in [0.29, 0.717) is 0 Å². The van der Waals surface area contributed by atoms with Crippen LogP contribution in [0.3, 0.4) is 0 Å². The van der Waals surface area contributed by atoms with Crippen molar-refractivity contribution in [2.75, 3.05) is 13.2 Å². The zero-order chi connectivity index (χ0) is 15.7. The molecule has 0 aromatic carbocycles. The minimum atomic E-state index is -0.248. The normalized spacial score (nSPS) is 54.5. The van der Waals surface area contributed by atoms with E-state index in [9.17, 15) is 5.11 Å². The third-order valence-electron chi connectivity index (χ3n) is 8.72. The monoisotopic (exact) mass is 320 g/mol. The van der Waals surface area contributed by atoms with Gasteiger partial charge in [-0.1, -0.05) is 6.92 Å². The lowest BCUT2D eigenvalue weighted by atomic mass is 9.50. The van der Waals surface area contributed by atoms with Crippen LogP contribution in [0.25, 0.3) is 0 Å². The summed E-state index contributed by atoms with van der Waals surface area (Å²) in [7, 11) is 0. The van der Waals surface area contributed by atoms with Crippen molar-refractivity contribution in [3.63, 3.8) is 0 Å². The second-order valence-electron chi connectivity index (χ2n) is 9.35. The highest BCUT2D eigenvalue weighted by molar-refractivity contribution is 5.10. The van der Waals surface area contributed by atoms with E-state index in [0.717, 1.165) is 62.1 Å². The van der Waals surface area contributed by atoms with Gasteiger partial charge in [-0.05, 0) is 81.0 Å². The molecule has 5 aliphatic rings. The molecule has 1 aliphatic heterocycles. The Morgan fingerprint density at radius 3 is 2.43 bits per heavy atom. The minimum Gasteiger partial charge on any atom is -0.393 e. The molecule has 1 spiro atoms. The van der Waals surface area contributed by atoms with E-state index in [2.05, 4.69) is 6.92 Å². The molecular weight excluding hydrogens is 288 g/mol. The Bertz CT molecular complexity index is 472. The van der Waals surface area contributed by atoms with Gasteiger partial charge >= 0.3 is 0 Å². The van der Waals surface area contributed by atoms with Crippen molar-refractivity contribution in [1.29, 1.82) is 0 Å². The number of ether oxygens (including phenoxy) is 2. The van der Waals surface area contributed by atoms with Gasteiger partial charge in [-0.3, -0.25) is 0 Å². The predicted molar refractivity (Wildman–Crippen MR) is 87.8 cm³/mol. The van der Waals surface area contributed by atoms with Crippen molar-refractivity contribution < 1.29 is 14.6 Å². The molecule has 5 rings (SSSR count). The minimum absolute atomic E-state index is 0.0169. The van der Waals surface area contributed by atoms with Crippen molar-refractivity contribution in [3.05, 3.63) is 0 Å². The first kappa shape index (κ1) is 15.2. The molecule has 4 saturated carbocycles. The smallest absolute Gasteiger partial charge is 0.174 e. The summed E-state index contributed by atoms with van der Waals surface area (Å²) in [5, 5.41) is 10.0. The molecular formula is C20H32O3. The van der Waals surface area contributed by atoms with Crippen LogP contribution in [0, 0.1) is 35.0 Å². The fourth-order valence-corrected chi connectivity index (χ4v) is 7.71. The molecule has 23 heavy (non-hydrogen) atoms. The fraction of sp³-hybridized carbons (Fsp3) is 1.00. The first-order valence-electron chi connectivity index (χ1n) is 10.1. The lowest BCUT2D eigenvalue weighted by molar-refractivity contribution is -0.243. The lowest BCUT2D eigenvalue weighted by Gasteiger charge is -2.57. The fourth-order valence-electron chi connectivity index (χ4n) is 7.71. The van der Waals surface area contributed by atoms with Crippen molar-refractivity contribution in [3.8, 4) is 0 Å². The third kappa shape index (κ3) is 1.99. The van der Waals surface area contributed by atoms with Gasteiger partial charge in [0.15, 0.2) is 5.79 Å². The van der Waals surface area contributed by atoms with Crippen LogP contribution in [0.1, 0.15) is 64.7 Å². The van der Waals surface area contributed by atoms with E-state index in [1.807, 2.05) is 0 Å². The number of hydrogen-bond donors (Lipinski definition) is 1. The van der Waals surface area contributed by atoms with Gasteiger partial charge in [-0.15, -0.1) is 0 Å². The number of hydrogen-bond acceptors (Lipinski definition) is 3. The molecule has 0 amide bonds. The lowest BCUT2D eigenvalue weighted by Crippen LogP contribution is -2.54. The van der Waals surface area contributed by atoms with Crippen LogP contribution in [0.5, 0.6) is 0 Å². The largest absolute Gasteiger partial charge is 0.393 e. The number of fused-ring (bicyclic) bond motifs is 6. The van der Waals surface area contributed by atoms with Gasteiger partial charge in [0.2, 0.25) is 0 Å². The maximum atomic E-state index is 10.0. The molecule has 7 unspecified atom stereocenters. The molecule has 0 aromatic heterocycles. The summed E-state index contributed by atoms with van der Waals surface area (Å²) in [6.07, 6.45) is 11.2. The molecule has 3 heteroatoms. The number of aliphatic hydroxyl groups is 1. The van der Waals surface area contributed by atoms with Crippen LogP contribution < -0.4 is 0 Å². The predicted octanol–water partition coefficient (Wildman–Crippen LogP) is 3.74. The van der Waals surface area contributed by atoms with Crippen LogP contribution >= 0.6 is 0 Å². The molecule has 0 aromatic rings. The zero-order valence-electron chi connectivity index (χ0n) is 14.5. The molecule has 1 heterocycles. The summed E-state index contributed by atoms with van der Waals surface area (Å²) in [5.74, 6) is 4.05. The average Bonchev–Trinajstić information content (AvgIpc) is 3.14. The Balaban J connectivity index is 1.41. The molecule has 4 aliphatic carbocycles. The Labute approximate surface area is 140 Å². The van der Waals surface area contributed by atoms with Crippen molar-refractivity contribution >= 4 is 0 Å². The van der Waals surface area contributed by atoms with E-state index >= 15 is 0 Å². The Kier molecular flexibility index (Phi) is 3.42. The van der Waals surface area contributed by atoms with Crippen LogP contribution in [-0.4, -0.2) is 30.2 Å². The highest BCUT2D eigenvalue weighted by Gasteiger charge is 2.65. The maximum Gasteiger partial charge on any atom is 0.174 e. The van der Waals surface area contributed by atoms with Crippen molar-refractivity contribution in [2.24, 2.45) is 35.0 Å². The van der Waals surface area contributed by atoms with E-state index in [-0.39, 0.29) is 17.3 Å². The molecule has 1 N–H and O–H groups in total. The second-order valence-corrected chi connectivity index (χ2v) is 9.35. The zero-order valence-corrected chi connectivity index (χ0v) is 14.5. The topological polar surface area (TPSA) is 38.7 Å². The van der Waals surface area contributed by atoms with Crippen molar-refractivity contribution in [2.45, 2.75) is 76.6 Å². The molecule has 7 atom stereocenters. The van der Waals surface area contributed by atoms with Gasteiger partial charge in [0.25, 0.3) is 0 Å². The molecule has 1 saturated heterocycles. The van der Waals surface area contributed by atoms with Gasteiger partial charge in [0, 0.05) is 11.8 Å². The van der Waals surface area contributed by atoms with Gasteiger partial charge in [0.05, 0.1) is 19.3 Å². The van der Waals surface area contributed by atoms with Crippen LogP contribution in [-0.2, 0) is 9.47 Å². The summed E-state index contributed by atoms with van der Waals surface area (Å²) < 4.78 is 12.4. The van der Waals surface area contributed by atoms with Gasteiger partial charge < -0.3 is 14.6 Å². The highest BCUT2D eigenvalue weighted by Crippen LogP contribution is 2.66. The van der Waals surface area contributed by atoms with Gasteiger partial charge in [0.1, 0.15) is 0 Å². The highest BCUT2D eigenvalue weighted by atomic mass is 16.7. The first-order chi connectivity index (χ1) is 11.1. The number of rotatable bonds is 0. The first-order valence-corrected chi connectivity index (χ1v) is 10.1. The molecule has 5 fully saturated rings. The van der Waals surface area contributed by atoms with Crippen LogP contribution in [0.4, 0.5) is 0 Å². The van der Waals surface area contributed by atoms with E-state index in [1.54, 1.807) is 0 Å². The third-order valence-corrected chi connectivity index (χ3v) is 8.72. The Hall–Kier alpha value is -0.120. The SMILES string of the molecule is CC12CCC3C4CCC(O)CC4CCC3C1CCC21OCCO1. The Morgan fingerprint density at radius 2 is 1.61 bits per heavy atom. The summed E-state index contributed by atoms with van der Waals surface area (Å²) >= 11 is 0. The van der Waals surface area contributed by atoms with E-state index < -0.39 is 0 Å². The maximum absolute atomic E-state index is 10.0. The van der Waals surface area contributed by atoms with E-state index in [1.165, 1.54) is 38.5 Å².